The third-order valence-electron chi connectivity index (χ3n) is 0. The second-order valence-electron chi connectivity index (χ2n) is 0. The first-order chi connectivity index (χ1) is 0. The first-order valence-corrected chi connectivity index (χ1v) is 0. The predicted octanol–water partition coefficient (Wildman–Crippen LogP) is -0.0200. The van der Waals surface area contributed by atoms with Crippen LogP contribution in [0.2, 0.25) is 0 Å². The number of rotatable bonds is 0. The Bertz CT molecular complexity index is 0. The normalized spacial score (nSPS) is 0. The molecule has 0 aliphatic rings. The van der Waals surface area contributed by atoms with E-state index >= 15 is 0 Å². The van der Waals surface area contributed by atoms with Gasteiger partial charge in [-0.15, -0.1) is 0 Å². The predicted molar refractivity (Wildman–Crippen MR) is 0 cm³/mol. The smallest absolute Gasteiger partial charge is 0 e. The van der Waals surface area contributed by atoms with Crippen LogP contribution in [0.4, 0.5) is 0 Å². The van der Waals surface area contributed by atoms with Crippen LogP contribution < -0.4 is 0 Å². The maximum Gasteiger partial charge on any atom is 0 e. The summed E-state index contributed by atoms with van der Waals surface area (Å²) >= 11 is 0. The molecule has 0 rings (SSSR count). The molecule has 0 heterocycles. The van der Waals surface area contributed by atoms with E-state index in [0.717, 1.165) is 0 Å². The SMILES string of the molecule is [Tc].[Tc].[Tc].[Tc].[Tc].[Tc].[Tc].[Tc]. The topological polar surface area (TPSA) is 0 Å². The molecule has 0 amide bonds. The fraction of sp³-hybridized carbons (Fsp3) is 0. The van der Waals surface area contributed by atoms with Crippen molar-refractivity contribution in [1.82, 2.24) is 0 Å². The van der Waals surface area contributed by atoms with Gasteiger partial charge in [0.2, 0.25) is 0 Å². The summed E-state index contributed by atoms with van der Waals surface area (Å²) in [6.45, 7) is 0. The van der Waals surface area contributed by atoms with Crippen LogP contribution in [-0.2, 0) is 161 Å². The van der Waals surface area contributed by atoms with Crippen molar-refractivity contribution in [3.05, 3.63) is 0 Å². The van der Waals surface area contributed by atoms with Crippen molar-refractivity contribution >= 4 is 0 Å². The van der Waals surface area contributed by atoms with Crippen LogP contribution >= 0.6 is 0 Å². The van der Waals surface area contributed by atoms with Gasteiger partial charge in [-0.3, -0.25) is 0 Å². The van der Waals surface area contributed by atoms with Crippen LogP contribution in [0.15, 0.2) is 0 Å². The summed E-state index contributed by atoms with van der Waals surface area (Å²) in [4.78, 5) is 0. The van der Waals surface area contributed by atoms with Crippen LogP contribution in [-0.4, -0.2) is 0 Å². The van der Waals surface area contributed by atoms with Gasteiger partial charge in [0, 0.05) is 161 Å². The average molecular weight is 784 g/mol. The van der Waals surface area contributed by atoms with Gasteiger partial charge in [-0.25, -0.2) is 0 Å². The summed E-state index contributed by atoms with van der Waals surface area (Å²) < 4.78 is 0. The van der Waals surface area contributed by atoms with E-state index in [0.29, 0.717) is 0 Å². The van der Waals surface area contributed by atoms with Crippen molar-refractivity contribution in [1.29, 1.82) is 0 Å². The van der Waals surface area contributed by atoms with Crippen LogP contribution in [0.3, 0.4) is 0 Å². The molecule has 0 unspecified atom stereocenters. The molecule has 0 aromatic rings. The fourth-order valence-electron chi connectivity index (χ4n) is 0. The standard InChI is InChI=1S/8Tc. The number of hydrogen-bond acceptors (Lipinski definition) is 0. The van der Waals surface area contributed by atoms with E-state index in [9.17, 15) is 0 Å². The second kappa shape index (κ2) is 56.6. The van der Waals surface area contributed by atoms with Gasteiger partial charge in [-0.05, 0) is 0 Å². The van der Waals surface area contributed by atoms with Gasteiger partial charge >= 0.3 is 0 Å². The minimum atomic E-state index is 0. The van der Waals surface area contributed by atoms with Gasteiger partial charge in [0.1, 0.15) is 0 Å². The molecule has 0 N–H and O–H groups in total. The van der Waals surface area contributed by atoms with Crippen LogP contribution in [0, 0.1) is 0 Å². The summed E-state index contributed by atoms with van der Waals surface area (Å²) in [6, 6.07) is 0. The van der Waals surface area contributed by atoms with Gasteiger partial charge in [-0.2, -0.15) is 0 Å². The molecular formula is Tc8. The van der Waals surface area contributed by atoms with Gasteiger partial charge in [0.05, 0.1) is 0 Å². The Hall–Kier alpha value is 5.19. The Morgan fingerprint density at radius 2 is 0.125 bits per heavy atom. The molecular weight excluding hydrogens is 784 g/mol. The van der Waals surface area contributed by atoms with E-state index in [-0.39, 0.29) is 161 Å². The van der Waals surface area contributed by atoms with Crippen molar-refractivity contribution in [3.63, 3.8) is 0 Å². The Morgan fingerprint density at radius 3 is 0.125 bits per heavy atom. The first-order valence-electron chi connectivity index (χ1n) is 0. The quantitative estimate of drug-likeness (QED) is 0.325. The molecule has 0 bridgehead atoms. The molecule has 8 heavy (non-hydrogen) atoms. The van der Waals surface area contributed by atoms with Crippen LogP contribution in [0.5, 0.6) is 0 Å². The van der Waals surface area contributed by atoms with Gasteiger partial charge < -0.3 is 0 Å². The van der Waals surface area contributed by atoms with E-state index in [1.165, 1.54) is 0 Å². The fourth-order valence-corrected chi connectivity index (χ4v) is 0. The largest absolute Gasteiger partial charge is 0 e. The summed E-state index contributed by atoms with van der Waals surface area (Å²) in [5.41, 5.74) is 0. The molecule has 0 aromatic carbocycles. The van der Waals surface area contributed by atoms with Gasteiger partial charge in [0.25, 0.3) is 0 Å². The van der Waals surface area contributed by atoms with E-state index in [1.807, 2.05) is 0 Å². The summed E-state index contributed by atoms with van der Waals surface area (Å²) in [5.74, 6) is 0. The maximum atomic E-state index is 0. The Morgan fingerprint density at radius 1 is 0.125 bits per heavy atom. The molecule has 8 heteroatoms. The van der Waals surface area contributed by atoms with Gasteiger partial charge in [-0.1, -0.05) is 0 Å². The third-order valence-corrected chi connectivity index (χ3v) is 0. The van der Waals surface area contributed by atoms with Crippen molar-refractivity contribution in [3.8, 4) is 0 Å². The first kappa shape index (κ1) is 72.7. The van der Waals surface area contributed by atoms with Crippen molar-refractivity contribution in [2.75, 3.05) is 0 Å². The monoisotopic (exact) mass is 775 g/mol. The summed E-state index contributed by atoms with van der Waals surface area (Å²) in [6.07, 6.45) is 0. The molecule has 8 radical (unpaired) electrons. The second-order valence-corrected chi connectivity index (χ2v) is 0. The molecule has 0 nitrogen and oxygen atoms in total. The maximum absolute atomic E-state index is 0. The zero-order valence-corrected chi connectivity index (χ0v) is 17.9. The molecule has 0 aliphatic carbocycles. The van der Waals surface area contributed by atoms with Crippen LogP contribution in [0.1, 0.15) is 0 Å². The molecule has 0 atom stereocenters. The van der Waals surface area contributed by atoms with Crippen molar-refractivity contribution in [2.24, 2.45) is 0 Å². The molecule has 0 aromatic heterocycles. The Labute approximate surface area is 157 Å². The van der Waals surface area contributed by atoms with E-state index < -0.39 is 0 Å². The van der Waals surface area contributed by atoms with E-state index in [2.05, 4.69) is 0 Å². The zero-order valence-electron chi connectivity index (χ0n) is 3.02. The molecule has 0 saturated carbocycles. The van der Waals surface area contributed by atoms with Crippen LogP contribution in [0.25, 0.3) is 0 Å². The average Bonchev–Trinajstić information content (AvgIpc) is 0. The summed E-state index contributed by atoms with van der Waals surface area (Å²) in [7, 11) is 0. The molecule has 0 spiro atoms. The van der Waals surface area contributed by atoms with Crippen molar-refractivity contribution < 1.29 is 161 Å². The number of hydrogen-bond donors (Lipinski definition) is 0. The Kier molecular flexibility index (Phi) is 515. The van der Waals surface area contributed by atoms with E-state index in [1.54, 1.807) is 0 Å². The third kappa shape index (κ3) is 43.1. The molecule has 0 fully saturated rings. The summed E-state index contributed by atoms with van der Waals surface area (Å²) in [5, 5.41) is 0. The minimum Gasteiger partial charge on any atom is 0 e. The zero-order chi connectivity index (χ0) is 0. The van der Waals surface area contributed by atoms with E-state index in [4.69, 9.17) is 0 Å². The molecule has 0 saturated heterocycles. The minimum absolute atomic E-state index is 0. The van der Waals surface area contributed by atoms with Crippen molar-refractivity contribution in [2.45, 2.75) is 0 Å². The Balaban J connectivity index is 0. The molecule has 0 aliphatic heterocycles. The van der Waals surface area contributed by atoms with Gasteiger partial charge in [0.15, 0.2) is 0 Å². The molecule has 56 valence electrons.